The molecule has 0 bridgehead atoms. The van der Waals surface area contributed by atoms with Crippen molar-refractivity contribution in [3.8, 4) is 0 Å². The molecule has 0 unspecified atom stereocenters. The fourth-order valence-corrected chi connectivity index (χ4v) is 3.35. The molecule has 4 rings (SSSR count). The van der Waals surface area contributed by atoms with E-state index in [1.165, 1.54) is 18.4 Å². The van der Waals surface area contributed by atoms with Crippen molar-refractivity contribution in [2.45, 2.75) is 32.1 Å². The number of aryl methyl sites for hydroxylation is 1. The van der Waals surface area contributed by atoms with Crippen LogP contribution in [0.25, 0.3) is 0 Å². The van der Waals surface area contributed by atoms with Crippen molar-refractivity contribution < 1.29 is 9.59 Å². The van der Waals surface area contributed by atoms with Gasteiger partial charge < -0.3 is 9.88 Å². The Bertz CT molecular complexity index is 1030. The lowest BCUT2D eigenvalue weighted by Gasteiger charge is -2.09. The first-order valence-electron chi connectivity index (χ1n) is 9.53. The monoisotopic (exact) mass is 373 g/mol. The first kappa shape index (κ1) is 18.2. The molecule has 2 heterocycles. The third kappa shape index (κ3) is 3.88. The summed E-state index contributed by atoms with van der Waals surface area (Å²) in [5, 5.41) is 2.87. The van der Waals surface area contributed by atoms with Crippen LogP contribution in [-0.2, 0) is 18.3 Å². The zero-order valence-corrected chi connectivity index (χ0v) is 16.1. The van der Waals surface area contributed by atoms with Crippen LogP contribution in [0.3, 0.4) is 0 Å². The summed E-state index contributed by atoms with van der Waals surface area (Å²) < 4.78 is 1.79. The normalized spacial score (nSPS) is 13.4. The van der Waals surface area contributed by atoms with Crippen LogP contribution in [-0.4, -0.2) is 21.2 Å². The van der Waals surface area contributed by atoms with Gasteiger partial charge in [0, 0.05) is 24.5 Å². The van der Waals surface area contributed by atoms with E-state index in [2.05, 4.69) is 10.3 Å². The summed E-state index contributed by atoms with van der Waals surface area (Å²) in [6, 6.07) is 15.1. The molecule has 28 heavy (non-hydrogen) atoms. The number of nitrogens with zero attached hydrogens (tertiary/aromatic N) is 2. The average Bonchev–Trinajstić information content (AvgIpc) is 3.47. The zero-order chi connectivity index (χ0) is 19.7. The van der Waals surface area contributed by atoms with Crippen molar-refractivity contribution in [3.63, 3.8) is 0 Å². The molecule has 1 aliphatic carbocycles. The standard InChI is InChI=1S/C23H23N3O2/c1-15-3-5-17(6-4-15)23(28)20-10-9-19(26(20)2)14-22(27)25-21-13-18(11-12-24-21)16-7-8-16/h3-6,9-13,16H,7-8,14H2,1-2H3,(H,24,25,27). The third-order valence-electron chi connectivity index (χ3n) is 5.21. The maximum absolute atomic E-state index is 12.7. The second-order valence-corrected chi connectivity index (χ2v) is 7.44. The minimum absolute atomic E-state index is 0.0482. The van der Waals surface area contributed by atoms with E-state index in [-0.39, 0.29) is 18.1 Å². The van der Waals surface area contributed by atoms with Gasteiger partial charge in [-0.2, -0.15) is 0 Å². The van der Waals surface area contributed by atoms with Gasteiger partial charge in [0.1, 0.15) is 5.82 Å². The first-order valence-corrected chi connectivity index (χ1v) is 9.53. The Kier molecular flexibility index (Phi) is 4.82. The van der Waals surface area contributed by atoms with Crippen LogP contribution < -0.4 is 5.32 Å². The van der Waals surface area contributed by atoms with E-state index >= 15 is 0 Å². The highest BCUT2D eigenvalue weighted by Crippen LogP contribution is 2.40. The summed E-state index contributed by atoms with van der Waals surface area (Å²) in [6.07, 6.45) is 4.34. The molecule has 0 aliphatic heterocycles. The minimum atomic E-state index is -0.143. The van der Waals surface area contributed by atoms with Crippen LogP contribution in [0.4, 0.5) is 5.82 Å². The van der Waals surface area contributed by atoms with Gasteiger partial charge in [-0.1, -0.05) is 29.8 Å². The lowest BCUT2D eigenvalue weighted by atomic mass is 10.1. The van der Waals surface area contributed by atoms with Gasteiger partial charge >= 0.3 is 0 Å². The predicted octanol–water partition coefficient (Wildman–Crippen LogP) is 4.02. The quantitative estimate of drug-likeness (QED) is 0.664. The number of aromatic nitrogens is 2. The molecule has 1 aliphatic rings. The summed E-state index contributed by atoms with van der Waals surface area (Å²) in [6.45, 7) is 1.99. The number of carbonyl (C=O) groups is 2. The largest absolute Gasteiger partial charge is 0.344 e. The van der Waals surface area contributed by atoms with E-state index in [1.54, 1.807) is 16.8 Å². The lowest BCUT2D eigenvalue weighted by Crippen LogP contribution is -2.18. The zero-order valence-electron chi connectivity index (χ0n) is 16.1. The summed E-state index contributed by atoms with van der Waals surface area (Å²) in [5.41, 5.74) is 4.34. The molecule has 0 saturated heterocycles. The molecule has 0 spiro atoms. The molecule has 3 aromatic rings. The van der Waals surface area contributed by atoms with Crippen LogP contribution in [0.1, 0.15) is 51.6 Å². The Morgan fingerprint density at radius 2 is 1.86 bits per heavy atom. The van der Waals surface area contributed by atoms with Gasteiger partial charge in [-0.25, -0.2) is 4.98 Å². The molecule has 2 aromatic heterocycles. The lowest BCUT2D eigenvalue weighted by molar-refractivity contribution is -0.115. The summed E-state index contributed by atoms with van der Waals surface area (Å²) in [5.74, 6) is 1.00. The van der Waals surface area contributed by atoms with E-state index in [0.717, 1.165) is 11.3 Å². The molecular formula is C23H23N3O2. The number of amides is 1. The molecule has 1 amide bonds. The topological polar surface area (TPSA) is 64.0 Å². The highest BCUT2D eigenvalue weighted by Gasteiger charge is 2.24. The fraction of sp³-hybridized carbons (Fsp3) is 0.261. The maximum Gasteiger partial charge on any atom is 0.231 e. The van der Waals surface area contributed by atoms with Gasteiger partial charge in [0.15, 0.2) is 0 Å². The number of hydrogen-bond donors (Lipinski definition) is 1. The molecule has 0 radical (unpaired) electrons. The van der Waals surface area contributed by atoms with Crippen molar-refractivity contribution in [2.24, 2.45) is 7.05 Å². The highest BCUT2D eigenvalue weighted by atomic mass is 16.1. The molecule has 1 saturated carbocycles. The van der Waals surface area contributed by atoms with E-state index in [4.69, 9.17) is 0 Å². The number of rotatable bonds is 6. The van der Waals surface area contributed by atoms with Crippen LogP contribution in [0, 0.1) is 6.92 Å². The Balaban J connectivity index is 1.45. The Hall–Kier alpha value is -3.21. The van der Waals surface area contributed by atoms with E-state index in [9.17, 15) is 9.59 Å². The van der Waals surface area contributed by atoms with Crippen LogP contribution in [0.2, 0.25) is 0 Å². The van der Waals surface area contributed by atoms with Crippen molar-refractivity contribution in [3.05, 3.63) is 82.8 Å². The number of carbonyl (C=O) groups excluding carboxylic acids is 2. The van der Waals surface area contributed by atoms with Crippen molar-refractivity contribution in [2.75, 3.05) is 5.32 Å². The predicted molar refractivity (Wildman–Crippen MR) is 109 cm³/mol. The highest BCUT2D eigenvalue weighted by molar-refractivity contribution is 6.08. The molecule has 5 nitrogen and oxygen atoms in total. The van der Waals surface area contributed by atoms with Gasteiger partial charge in [0.05, 0.1) is 12.1 Å². The molecule has 0 atom stereocenters. The third-order valence-corrected chi connectivity index (χ3v) is 5.21. The second kappa shape index (κ2) is 7.43. The number of anilines is 1. The Labute approximate surface area is 164 Å². The fourth-order valence-electron chi connectivity index (χ4n) is 3.35. The van der Waals surface area contributed by atoms with Gasteiger partial charge in [-0.05, 0) is 55.5 Å². The molecule has 1 fully saturated rings. The number of ketones is 1. The number of pyridine rings is 1. The maximum atomic E-state index is 12.7. The molecule has 5 heteroatoms. The van der Waals surface area contributed by atoms with Crippen LogP contribution in [0.5, 0.6) is 0 Å². The summed E-state index contributed by atoms with van der Waals surface area (Å²) in [7, 11) is 1.82. The molecule has 142 valence electrons. The van der Waals surface area contributed by atoms with Gasteiger partial charge in [0.25, 0.3) is 0 Å². The van der Waals surface area contributed by atoms with Crippen LogP contribution >= 0.6 is 0 Å². The van der Waals surface area contributed by atoms with Crippen molar-refractivity contribution >= 4 is 17.5 Å². The average molecular weight is 373 g/mol. The van der Waals surface area contributed by atoms with Gasteiger partial charge in [0.2, 0.25) is 11.7 Å². The van der Waals surface area contributed by atoms with Crippen molar-refractivity contribution in [1.29, 1.82) is 0 Å². The minimum Gasteiger partial charge on any atom is -0.344 e. The van der Waals surface area contributed by atoms with E-state index in [0.29, 0.717) is 23.0 Å². The SMILES string of the molecule is Cc1ccc(C(=O)c2ccc(CC(=O)Nc3cc(C4CC4)ccn3)n2C)cc1. The summed E-state index contributed by atoms with van der Waals surface area (Å²) >= 11 is 0. The smallest absolute Gasteiger partial charge is 0.231 e. The van der Waals surface area contributed by atoms with E-state index in [1.807, 2.05) is 56.4 Å². The number of benzene rings is 1. The molecular weight excluding hydrogens is 350 g/mol. The summed E-state index contributed by atoms with van der Waals surface area (Å²) in [4.78, 5) is 29.5. The first-order chi connectivity index (χ1) is 13.5. The number of hydrogen-bond acceptors (Lipinski definition) is 3. The molecule has 1 N–H and O–H groups in total. The van der Waals surface area contributed by atoms with Gasteiger partial charge in [-0.3, -0.25) is 9.59 Å². The van der Waals surface area contributed by atoms with Crippen LogP contribution in [0.15, 0.2) is 54.7 Å². The second-order valence-electron chi connectivity index (χ2n) is 7.44. The Morgan fingerprint density at radius 1 is 1.11 bits per heavy atom. The number of nitrogens with one attached hydrogen (secondary N) is 1. The Morgan fingerprint density at radius 3 is 2.57 bits per heavy atom. The molecule has 1 aromatic carbocycles. The van der Waals surface area contributed by atoms with Gasteiger partial charge in [-0.15, -0.1) is 0 Å². The van der Waals surface area contributed by atoms with Crippen molar-refractivity contribution in [1.82, 2.24) is 9.55 Å². The van der Waals surface area contributed by atoms with E-state index < -0.39 is 0 Å².